The van der Waals surface area contributed by atoms with Gasteiger partial charge in [0.25, 0.3) is 11.8 Å². The molecule has 0 bridgehead atoms. The number of hydrogen-bond donors (Lipinski definition) is 2. The number of anilines is 1. The minimum Gasteiger partial charge on any atom is -0.462 e. The van der Waals surface area contributed by atoms with Crippen LogP contribution in [0.1, 0.15) is 56.7 Å². The molecule has 2 rings (SSSR count). The van der Waals surface area contributed by atoms with Crippen LogP contribution in [0.25, 0.3) is 0 Å². The van der Waals surface area contributed by atoms with Crippen LogP contribution in [-0.2, 0) is 9.47 Å². The van der Waals surface area contributed by atoms with E-state index < -0.39 is 23.9 Å². The summed E-state index contributed by atoms with van der Waals surface area (Å²) in [5, 5.41) is 4.91. The number of ether oxygens (including phenoxy) is 2. The van der Waals surface area contributed by atoms with Gasteiger partial charge in [0.05, 0.1) is 18.8 Å². The van der Waals surface area contributed by atoms with Crippen LogP contribution >= 0.6 is 23.1 Å². The number of esters is 1. The van der Waals surface area contributed by atoms with E-state index in [1.54, 1.807) is 44.7 Å². The Morgan fingerprint density at radius 2 is 1.61 bits per heavy atom. The maximum atomic E-state index is 12.7. The lowest BCUT2D eigenvalue weighted by molar-refractivity contribution is 0.0531. The van der Waals surface area contributed by atoms with Crippen molar-refractivity contribution < 1.29 is 28.7 Å². The number of amides is 3. The number of alkyl carbamates (subject to hydrolysis) is 1. The predicted molar refractivity (Wildman–Crippen MR) is 120 cm³/mol. The molecular formula is C21H24N2O6S2. The molecule has 1 aromatic carbocycles. The van der Waals surface area contributed by atoms with Crippen molar-refractivity contribution in [1.29, 1.82) is 0 Å². The largest absolute Gasteiger partial charge is 0.462 e. The number of thioether (sulfide) groups is 1. The molecule has 0 aliphatic heterocycles. The van der Waals surface area contributed by atoms with Gasteiger partial charge in [0.15, 0.2) is 0 Å². The Morgan fingerprint density at radius 1 is 0.968 bits per heavy atom. The van der Waals surface area contributed by atoms with Crippen molar-refractivity contribution in [3.05, 3.63) is 45.8 Å². The molecule has 0 saturated carbocycles. The van der Waals surface area contributed by atoms with E-state index in [1.165, 1.54) is 0 Å². The highest BCUT2D eigenvalue weighted by Gasteiger charge is 2.27. The first-order chi connectivity index (χ1) is 14.8. The van der Waals surface area contributed by atoms with Crippen LogP contribution in [0.15, 0.2) is 29.2 Å². The number of benzene rings is 1. The van der Waals surface area contributed by atoms with Crippen molar-refractivity contribution in [3.63, 3.8) is 0 Å². The van der Waals surface area contributed by atoms with Crippen LogP contribution in [0.4, 0.5) is 9.80 Å². The van der Waals surface area contributed by atoms with E-state index in [9.17, 15) is 19.2 Å². The second-order valence-electron chi connectivity index (χ2n) is 6.07. The number of thiophene rings is 1. The molecule has 0 unspecified atom stereocenters. The highest BCUT2D eigenvalue weighted by Crippen LogP contribution is 2.34. The fourth-order valence-corrected chi connectivity index (χ4v) is 4.39. The van der Waals surface area contributed by atoms with Gasteiger partial charge in [-0.3, -0.25) is 14.9 Å². The highest BCUT2D eigenvalue weighted by atomic mass is 32.2. The van der Waals surface area contributed by atoms with E-state index >= 15 is 0 Å². The summed E-state index contributed by atoms with van der Waals surface area (Å²) in [4.78, 5) is 50.6. The van der Waals surface area contributed by atoms with E-state index in [-0.39, 0.29) is 28.7 Å². The third-order valence-corrected chi connectivity index (χ3v) is 6.06. The lowest BCUT2D eigenvalue weighted by Gasteiger charge is -2.08. The molecule has 2 N–H and O–H groups in total. The molecular weight excluding hydrogens is 440 g/mol. The fraction of sp³-hybridized carbons (Fsp3) is 0.333. The fourth-order valence-electron chi connectivity index (χ4n) is 2.63. The van der Waals surface area contributed by atoms with E-state index in [0.29, 0.717) is 11.1 Å². The van der Waals surface area contributed by atoms with Gasteiger partial charge in [0.2, 0.25) is 0 Å². The maximum absolute atomic E-state index is 12.7. The van der Waals surface area contributed by atoms with Gasteiger partial charge in [0, 0.05) is 10.5 Å². The molecule has 1 aromatic heterocycles. The third kappa shape index (κ3) is 6.31. The van der Waals surface area contributed by atoms with Gasteiger partial charge in [-0.1, -0.05) is 6.92 Å². The van der Waals surface area contributed by atoms with Gasteiger partial charge in [-0.05, 0) is 56.4 Å². The summed E-state index contributed by atoms with van der Waals surface area (Å²) in [6, 6.07) is 7.03. The SMILES string of the molecule is CCOC(=O)NC(=O)c1c(NC(=O)c2ccc(SCC)cc2)sc(C(=O)OCC)c1C. The van der Waals surface area contributed by atoms with Crippen LogP contribution in [0.2, 0.25) is 0 Å². The average molecular weight is 465 g/mol. The molecule has 0 radical (unpaired) electrons. The van der Waals surface area contributed by atoms with Crippen LogP contribution in [0.5, 0.6) is 0 Å². The molecule has 166 valence electrons. The zero-order chi connectivity index (χ0) is 23.0. The molecule has 8 nitrogen and oxygen atoms in total. The lowest BCUT2D eigenvalue weighted by atomic mass is 10.1. The van der Waals surface area contributed by atoms with Crippen molar-refractivity contribution in [1.82, 2.24) is 5.32 Å². The quantitative estimate of drug-likeness (QED) is 0.437. The summed E-state index contributed by atoms with van der Waals surface area (Å²) in [5.41, 5.74) is 0.698. The van der Waals surface area contributed by atoms with Gasteiger partial charge in [0.1, 0.15) is 9.88 Å². The van der Waals surface area contributed by atoms with Crippen LogP contribution in [0.3, 0.4) is 0 Å². The molecule has 31 heavy (non-hydrogen) atoms. The van der Waals surface area contributed by atoms with Gasteiger partial charge in [-0.25, -0.2) is 9.59 Å². The molecule has 3 amide bonds. The molecule has 2 aromatic rings. The van der Waals surface area contributed by atoms with Crippen molar-refractivity contribution in [2.45, 2.75) is 32.6 Å². The molecule has 0 aliphatic carbocycles. The first-order valence-corrected chi connectivity index (χ1v) is 11.4. The number of imide groups is 1. The molecule has 10 heteroatoms. The summed E-state index contributed by atoms with van der Waals surface area (Å²) < 4.78 is 9.77. The zero-order valence-electron chi connectivity index (χ0n) is 17.7. The lowest BCUT2D eigenvalue weighted by Crippen LogP contribution is -2.32. The second-order valence-corrected chi connectivity index (χ2v) is 8.42. The average Bonchev–Trinajstić information content (AvgIpc) is 3.05. The van der Waals surface area contributed by atoms with Gasteiger partial charge in [-0.15, -0.1) is 23.1 Å². The summed E-state index contributed by atoms with van der Waals surface area (Å²) in [7, 11) is 0. The van der Waals surface area contributed by atoms with E-state index in [2.05, 4.69) is 10.6 Å². The van der Waals surface area contributed by atoms with Gasteiger partial charge < -0.3 is 14.8 Å². The smallest absolute Gasteiger partial charge is 0.414 e. The molecule has 0 spiro atoms. The number of nitrogens with one attached hydrogen (secondary N) is 2. The minimum absolute atomic E-state index is 0.00705. The Labute approximate surface area is 188 Å². The van der Waals surface area contributed by atoms with E-state index in [4.69, 9.17) is 9.47 Å². The normalized spacial score (nSPS) is 10.3. The first-order valence-electron chi connectivity index (χ1n) is 9.65. The standard InChI is InChI=1S/C21H24N2O6S2/c1-5-28-20(26)16-12(4)15(18(25)23-21(27)29-6-2)19(31-16)22-17(24)13-8-10-14(11-9-13)30-7-3/h8-11H,5-7H2,1-4H3,(H,22,24)(H,23,25,27). The Bertz CT molecular complexity index is 969. The van der Waals surface area contributed by atoms with E-state index in [0.717, 1.165) is 22.0 Å². The summed E-state index contributed by atoms with van der Waals surface area (Å²) >= 11 is 2.56. The van der Waals surface area contributed by atoms with Crippen LogP contribution in [-0.4, -0.2) is 42.8 Å². The van der Waals surface area contributed by atoms with Crippen molar-refractivity contribution >= 4 is 52.0 Å². The molecule has 0 atom stereocenters. The van der Waals surface area contributed by atoms with Gasteiger partial charge in [-0.2, -0.15) is 0 Å². The Balaban J connectivity index is 2.35. The predicted octanol–water partition coefficient (Wildman–Crippen LogP) is 4.48. The number of rotatable bonds is 8. The number of carbonyl (C=O) groups excluding carboxylic acids is 4. The van der Waals surface area contributed by atoms with Crippen LogP contribution in [0, 0.1) is 6.92 Å². The molecule has 0 aliphatic rings. The highest BCUT2D eigenvalue weighted by molar-refractivity contribution is 7.99. The molecule has 1 heterocycles. The van der Waals surface area contributed by atoms with Gasteiger partial charge >= 0.3 is 12.1 Å². The first kappa shape index (κ1) is 24.4. The Hall–Kier alpha value is -2.85. The monoisotopic (exact) mass is 464 g/mol. The Kier molecular flexibility index (Phi) is 9.07. The van der Waals surface area contributed by atoms with Crippen molar-refractivity contribution in [3.8, 4) is 0 Å². The third-order valence-electron chi connectivity index (χ3n) is 3.98. The number of carbonyl (C=O) groups is 4. The molecule has 0 fully saturated rings. The second kappa shape index (κ2) is 11.5. The van der Waals surface area contributed by atoms with E-state index in [1.807, 2.05) is 19.1 Å². The summed E-state index contributed by atoms with van der Waals surface area (Å²) in [6.45, 7) is 7.10. The van der Waals surface area contributed by atoms with Crippen molar-refractivity contribution in [2.75, 3.05) is 24.3 Å². The molecule has 0 saturated heterocycles. The Morgan fingerprint density at radius 3 is 2.19 bits per heavy atom. The van der Waals surface area contributed by atoms with Crippen molar-refractivity contribution in [2.24, 2.45) is 0 Å². The minimum atomic E-state index is -0.919. The topological polar surface area (TPSA) is 111 Å². The summed E-state index contributed by atoms with van der Waals surface area (Å²) in [5.74, 6) is -0.936. The number of hydrogen-bond acceptors (Lipinski definition) is 8. The maximum Gasteiger partial charge on any atom is 0.414 e. The summed E-state index contributed by atoms with van der Waals surface area (Å²) in [6.07, 6.45) is -0.919. The zero-order valence-corrected chi connectivity index (χ0v) is 19.3. The van der Waals surface area contributed by atoms with Crippen LogP contribution < -0.4 is 10.6 Å².